The van der Waals surface area contributed by atoms with Crippen molar-refractivity contribution < 1.29 is 5.11 Å². The van der Waals surface area contributed by atoms with Crippen molar-refractivity contribution in [1.82, 2.24) is 4.90 Å². The van der Waals surface area contributed by atoms with Gasteiger partial charge < -0.3 is 5.11 Å². The second kappa shape index (κ2) is 3.00. The van der Waals surface area contributed by atoms with Gasteiger partial charge in [-0.15, -0.1) is 0 Å². The monoisotopic (exact) mass is 169 g/mol. The van der Waals surface area contributed by atoms with Crippen molar-refractivity contribution in [2.45, 2.75) is 38.1 Å². The van der Waals surface area contributed by atoms with Gasteiger partial charge in [0.2, 0.25) is 0 Å². The number of aliphatic hydroxyl groups is 1. The number of likely N-dealkylation sites (tertiary alicyclic amines) is 1. The summed E-state index contributed by atoms with van der Waals surface area (Å²) in [5.74, 6) is 0.558. The van der Waals surface area contributed by atoms with Crippen LogP contribution in [0.5, 0.6) is 0 Å². The molecule has 0 spiro atoms. The maximum atomic E-state index is 9.01. The van der Waals surface area contributed by atoms with Crippen LogP contribution < -0.4 is 0 Å². The normalized spacial score (nSPS) is 35.0. The minimum Gasteiger partial charge on any atom is -0.396 e. The highest BCUT2D eigenvalue weighted by atomic mass is 16.3. The SMILES string of the molecule is CC1(N2CCC(CO)C2)CCC1. The molecule has 1 aliphatic heterocycles. The summed E-state index contributed by atoms with van der Waals surface area (Å²) in [6.07, 6.45) is 5.33. The zero-order valence-electron chi connectivity index (χ0n) is 7.92. The first kappa shape index (κ1) is 8.52. The van der Waals surface area contributed by atoms with Crippen LogP contribution in [0.25, 0.3) is 0 Å². The molecule has 1 heterocycles. The number of nitrogens with zero attached hydrogens (tertiary/aromatic N) is 1. The van der Waals surface area contributed by atoms with Crippen LogP contribution >= 0.6 is 0 Å². The lowest BCUT2D eigenvalue weighted by Crippen LogP contribution is -2.50. The molecule has 1 aliphatic carbocycles. The van der Waals surface area contributed by atoms with Gasteiger partial charge in [0.05, 0.1) is 0 Å². The summed E-state index contributed by atoms with van der Waals surface area (Å²) in [4.78, 5) is 2.58. The van der Waals surface area contributed by atoms with Crippen molar-refractivity contribution in [3.63, 3.8) is 0 Å². The lowest BCUT2D eigenvalue weighted by molar-refractivity contribution is 0.0479. The van der Waals surface area contributed by atoms with Crippen LogP contribution in [0.4, 0.5) is 0 Å². The Balaban J connectivity index is 1.90. The van der Waals surface area contributed by atoms with Crippen molar-refractivity contribution in [2.24, 2.45) is 5.92 Å². The molecular weight excluding hydrogens is 150 g/mol. The third kappa shape index (κ3) is 1.27. The summed E-state index contributed by atoms with van der Waals surface area (Å²) in [7, 11) is 0. The maximum Gasteiger partial charge on any atom is 0.0471 e. The number of hydrogen-bond acceptors (Lipinski definition) is 2. The molecule has 1 N–H and O–H groups in total. The van der Waals surface area contributed by atoms with E-state index in [9.17, 15) is 0 Å². The molecule has 1 saturated carbocycles. The zero-order chi connectivity index (χ0) is 8.60. The fourth-order valence-corrected chi connectivity index (χ4v) is 2.48. The number of hydrogen-bond donors (Lipinski definition) is 1. The third-order valence-electron chi connectivity index (χ3n) is 3.74. The van der Waals surface area contributed by atoms with E-state index in [-0.39, 0.29) is 0 Å². The fraction of sp³-hybridized carbons (Fsp3) is 1.00. The van der Waals surface area contributed by atoms with Gasteiger partial charge in [-0.1, -0.05) is 0 Å². The average molecular weight is 169 g/mol. The first-order valence-electron chi connectivity index (χ1n) is 5.10. The molecule has 0 amide bonds. The number of aliphatic hydroxyl groups excluding tert-OH is 1. The second-order valence-electron chi connectivity index (χ2n) is 4.63. The van der Waals surface area contributed by atoms with Crippen LogP contribution in [-0.2, 0) is 0 Å². The van der Waals surface area contributed by atoms with E-state index < -0.39 is 0 Å². The molecule has 2 aliphatic rings. The van der Waals surface area contributed by atoms with Crippen LogP contribution in [0.15, 0.2) is 0 Å². The minimum atomic E-state index is 0.382. The van der Waals surface area contributed by atoms with Crippen molar-refractivity contribution >= 4 is 0 Å². The lowest BCUT2D eigenvalue weighted by atomic mass is 9.77. The summed E-state index contributed by atoms with van der Waals surface area (Å²) in [5, 5.41) is 9.01. The van der Waals surface area contributed by atoms with Gasteiger partial charge in [0.25, 0.3) is 0 Å². The van der Waals surface area contributed by atoms with Gasteiger partial charge in [-0.25, -0.2) is 0 Å². The molecule has 12 heavy (non-hydrogen) atoms. The van der Waals surface area contributed by atoms with Crippen LogP contribution in [-0.4, -0.2) is 35.2 Å². The molecule has 0 bridgehead atoms. The van der Waals surface area contributed by atoms with E-state index in [0.717, 1.165) is 6.54 Å². The molecule has 1 atom stereocenters. The Morgan fingerprint density at radius 3 is 2.67 bits per heavy atom. The summed E-state index contributed by atoms with van der Waals surface area (Å²) in [6.45, 7) is 5.09. The molecule has 0 aromatic rings. The van der Waals surface area contributed by atoms with E-state index in [1.165, 1.54) is 32.2 Å². The molecule has 1 saturated heterocycles. The van der Waals surface area contributed by atoms with Crippen LogP contribution in [0.2, 0.25) is 0 Å². The topological polar surface area (TPSA) is 23.5 Å². The van der Waals surface area contributed by atoms with E-state index in [1.807, 2.05) is 0 Å². The molecule has 0 aromatic carbocycles. The van der Waals surface area contributed by atoms with E-state index >= 15 is 0 Å². The van der Waals surface area contributed by atoms with Crippen LogP contribution in [0.3, 0.4) is 0 Å². The highest BCUT2D eigenvalue weighted by Crippen LogP contribution is 2.39. The summed E-state index contributed by atoms with van der Waals surface area (Å²) in [6, 6.07) is 0. The minimum absolute atomic E-state index is 0.382. The molecule has 2 nitrogen and oxygen atoms in total. The molecule has 0 radical (unpaired) electrons. The van der Waals surface area contributed by atoms with Crippen molar-refractivity contribution in [2.75, 3.05) is 19.7 Å². The highest BCUT2D eigenvalue weighted by Gasteiger charge is 2.40. The first-order chi connectivity index (χ1) is 5.74. The smallest absolute Gasteiger partial charge is 0.0471 e. The Hall–Kier alpha value is -0.0800. The molecule has 2 fully saturated rings. The number of rotatable bonds is 2. The fourth-order valence-electron chi connectivity index (χ4n) is 2.48. The third-order valence-corrected chi connectivity index (χ3v) is 3.74. The first-order valence-corrected chi connectivity index (χ1v) is 5.10. The van der Waals surface area contributed by atoms with Gasteiger partial charge in [-0.2, -0.15) is 0 Å². The second-order valence-corrected chi connectivity index (χ2v) is 4.63. The van der Waals surface area contributed by atoms with Gasteiger partial charge in [0.1, 0.15) is 0 Å². The van der Waals surface area contributed by atoms with Gasteiger partial charge >= 0.3 is 0 Å². The van der Waals surface area contributed by atoms with E-state index in [2.05, 4.69) is 11.8 Å². The Bertz CT molecular complexity index is 165. The highest BCUT2D eigenvalue weighted by molar-refractivity contribution is 4.96. The van der Waals surface area contributed by atoms with Crippen molar-refractivity contribution in [3.8, 4) is 0 Å². The van der Waals surface area contributed by atoms with E-state index in [1.54, 1.807) is 0 Å². The molecule has 1 unspecified atom stereocenters. The maximum absolute atomic E-state index is 9.01. The van der Waals surface area contributed by atoms with Gasteiger partial charge in [0.15, 0.2) is 0 Å². The van der Waals surface area contributed by atoms with Crippen LogP contribution in [0.1, 0.15) is 32.6 Å². The Morgan fingerprint density at radius 1 is 1.50 bits per heavy atom. The van der Waals surface area contributed by atoms with Crippen molar-refractivity contribution in [1.29, 1.82) is 0 Å². The quantitative estimate of drug-likeness (QED) is 0.672. The molecule has 2 heteroatoms. The van der Waals surface area contributed by atoms with Gasteiger partial charge in [0, 0.05) is 18.7 Å². The summed E-state index contributed by atoms with van der Waals surface area (Å²) >= 11 is 0. The van der Waals surface area contributed by atoms with Crippen molar-refractivity contribution in [3.05, 3.63) is 0 Å². The largest absolute Gasteiger partial charge is 0.396 e. The Morgan fingerprint density at radius 2 is 2.25 bits per heavy atom. The molecule has 70 valence electrons. The standard InChI is InChI=1S/C10H19NO/c1-10(4-2-5-10)11-6-3-9(7-11)8-12/h9,12H,2-8H2,1H3. The van der Waals surface area contributed by atoms with E-state index in [4.69, 9.17) is 5.11 Å². The Kier molecular flexibility index (Phi) is 2.13. The van der Waals surface area contributed by atoms with E-state index in [0.29, 0.717) is 18.1 Å². The summed E-state index contributed by atoms with van der Waals surface area (Å²) < 4.78 is 0. The predicted octanol–water partition coefficient (Wildman–Crippen LogP) is 1.24. The average Bonchev–Trinajstić information content (AvgIpc) is 2.48. The Labute approximate surface area is 74.6 Å². The van der Waals surface area contributed by atoms with Crippen LogP contribution in [0, 0.1) is 5.92 Å². The zero-order valence-corrected chi connectivity index (χ0v) is 7.92. The summed E-state index contributed by atoms with van der Waals surface area (Å²) in [5.41, 5.74) is 0.504. The lowest BCUT2D eigenvalue weighted by Gasteiger charge is -2.46. The molecular formula is C10H19NO. The predicted molar refractivity (Wildman–Crippen MR) is 49.0 cm³/mol. The molecule has 2 rings (SSSR count). The van der Waals surface area contributed by atoms with Gasteiger partial charge in [-0.05, 0) is 45.1 Å². The molecule has 0 aromatic heterocycles. The van der Waals surface area contributed by atoms with Gasteiger partial charge in [-0.3, -0.25) is 4.90 Å².